The van der Waals surface area contributed by atoms with Gasteiger partial charge in [-0.2, -0.15) is 0 Å². The Hall–Kier alpha value is -1.58. The summed E-state index contributed by atoms with van der Waals surface area (Å²) in [7, 11) is 0. The van der Waals surface area contributed by atoms with Crippen molar-refractivity contribution in [2.45, 2.75) is 32.6 Å². The largest absolute Gasteiger partial charge is 0.382 e. The van der Waals surface area contributed by atoms with Crippen molar-refractivity contribution in [3.8, 4) is 0 Å². The Morgan fingerprint density at radius 1 is 1.32 bits per heavy atom. The number of benzene rings is 1. The molecule has 1 fully saturated rings. The highest BCUT2D eigenvalue weighted by Crippen LogP contribution is 2.23. The lowest BCUT2D eigenvalue weighted by Crippen LogP contribution is -2.36. The number of carbonyl (C=O) groups is 1. The van der Waals surface area contributed by atoms with Crippen LogP contribution in [0.5, 0.6) is 0 Å². The van der Waals surface area contributed by atoms with Gasteiger partial charge >= 0.3 is 0 Å². The maximum atomic E-state index is 13.9. The number of nitrogens with one attached hydrogen (secondary N) is 1. The highest BCUT2D eigenvalue weighted by atomic mass is 19.1. The minimum absolute atomic E-state index is 0.0576. The van der Waals surface area contributed by atoms with E-state index in [4.69, 9.17) is 0 Å². The molecule has 1 aliphatic rings. The van der Waals surface area contributed by atoms with E-state index in [2.05, 4.69) is 5.32 Å². The number of carbonyl (C=O) groups excluding carboxylic acids is 1. The van der Waals surface area contributed by atoms with E-state index in [-0.39, 0.29) is 11.7 Å². The van der Waals surface area contributed by atoms with Gasteiger partial charge in [-0.25, -0.2) is 4.39 Å². The Labute approximate surface area is 113 Å². The fourth-order valence-electron chi connectivity index (χ4n) is 2.40. The fraction of sp³-hybridized carbons (Fsp3) is 0.533. The van der Waals surface area contributed by atoms with E-state index in [9.17, 15) is 9.18 Å². The van der Waals surface area contributed by atoms with Crippen LogP contribution in [0.2, 0.25) is 0 Å². The lowest BCUT2D eigenvalue weighted by Gasteiger charge is -2.27. The van der Waals surface area contributed by atoms with E-state index in [1.165, 1.54) is 12.5 Å². The van der Waals surface area contributed by atoms with Crippen LogP contribution in [-0.4, -0.2) is 30.4 Å². The molecular weight excluding hydrogens is 243 g/mol. The summed E-state index contributed by atoms with van der Waals surface area (Å²) in [5, 5.41) is 3.03. The second-order valence-electron chi connectivity index (χ2n) is 4.94. The Morgan fingerprint density at radius 2 is 2.05 bits per heavy atom. The number of piperidine rings is 1. The summed E-state index contributed by atoms with van der Waals surface area (Å²) in [6, 6.07) is 4.70. The molecule has 0 aliphatic carbocycles. The van der Waals surface area contributed by atoms with E-state index in [1.54, 1.807) is 12.1 Å². The Morgan fingerprint density at radius 3 is 2.74 bits per heavy atom. The van der Waals surface area contributed by atoms with Crippen molar-refractivity contribution in [3.63, 3.8) is 0 Å². The van der Waals surface area contributed by atoms with Crippen LogP contribution in [0.25, 0.3) is 0 Å². The van der Waals surface area contributed by atoms with Crippen molar-refractivity contribution in [3.05, 3.63) is 29.6 Å². The van der Waals surface area contributed by atoms with Crippen LogP contribution in [0.15, 0.2) is 18.2 Å². The SMILES string of the molecule is CCCNc1c(F)cccc1C(=O)N1CCCCC1. The molecule has 0 atom stereocenters. The zero-order valence-electron chi connectivity index (χ0n) is 11.4. The standard InChI is InChI=1S/C15H21FN2O/c1-2-9-17-14-12(7-6-8-13(14)16)15(19)18-10-4-3-5-11-18/h6-8,17H,2-5,9-11H2,1H3. The molecule has 104 valence electrons. The zero-order valence-corrected chi connectivity index (χ0v) is 11.4. The van der Waals surface area contributed by atoms with Crippen molar-refractivity contribution in [1.29, 1.82) is 0 Å². The molecule has 4 heteroatoms. The summed E-state index contributed by atoms with van der Waals surface area (Å²) in [4.78, 5) is 14.3. The molecule has 1 heterocycles. The lowest BCUT2D eigenvalue weighted by molar-refractivity contribution is 0.0725. The fourth-order valence-corrected chi connectivity index (χ4v) is 2.40. The molecule has 1 aromatic carbocycles. The number of nitrogens with zero attached hydrogens (tertiary/aromatic N) is 1. The second kappa shape index (κ2) is 6.55. The first kappa shape index (κ1) is 13.8. The van der Waals surface area contributed by atoms with Crippen LogP contribution in [0, 0.1) is 5.82 Å². The maximum Gasteiger partial charge on any atom is 0.256 e. The summed E-state index contributed by atoms with van der Waals surface area (Å²) in [6.07, 6.45) is 4.15. The molecule has 1 aliphatic heterocycles. The summed E-state index contributed by atoms with van der Waals surface area (Å²) in [6.45, 7) is 4.24. The van der Waals surface area contributed by atoms with Crippen LogP contribution in [0.3, 0.4) is 0 Å². The van der Waals surface area contributed by atoms with Gasteiger partial charge in [0.05, 0.1) is 11.3 Å². The van der Waals surface area contributed by atoms with Crippen molar-refractivity contribution in [2.75, 3.05) is 25.0 Å². The van der Waals surface area contributed by atoms with E-state index >= 15 is 0 Å². The van der Waals surface area contributed by atoms with Crippen molar-refractivity contribution >= 4 is 11.6 Å². The molecule has 2 rings (SSSR count). The summed E-state index contributed by atoms with van der Waals surface area (Å²) in [5.41, 5.74) is 0.801. The average molecular weight is 264 g/mol. The number of likely N-dealkylation sites (tertiary alicyclic amines) is 1. The quantitative estimate of drug-likeness (QED) is 0.905. The highest BCUT2D eigenvalue weighted by Gasteiger charge is 2.22. The minimum Gasteiger partial charge on any atom is -0.382 e. The monoisotopic (exact) mass is 264 g/mol. The lowest BCUT2D eigenvalue weighted by atomic mass is 10.1. The van der Waals surface area contributed by atoms with Crippen molar-refractivity contribution in [1.82, 2.24) is 4.90 Å². The normalized spacial score (nSPS) is 15.4. The number of halogens is 1. The van der Waals surface area contributed by atoms with Gasteiger partial charge in [0.1, 0.15) is 5.82 Å². The van der Waals surface area contributed by atoms with Crippen LogP contribution < -0.4 is 5.32 Å². The number of hydrogen-bond acceptors (Lipinski definition) is 2. The van der Waals surface area contributed by atoms with Crippen LogP contribution in [-0.2, 0) is 0 Å². The highest BCUT2D eigenvalue weighted by molar-refractivity contribution is 5.99. The number of rotatable bonds is 4. The van der Waals surface area contributed by atoms with E-state index in [1.807, 2.05) is 11.8 Å². The van der Waals surface area contributed by atoms with Crippen LogP contribution >= 0.6 is 0 Å². The molecule has 0 unspecified atom stereocenters. The second-order valence-corrected chi connectivity index (χ2v) is 4.94. The third-order valence-electron chi connectivity index (χ3n) is 3.44. The molecular formula is C15H21FN2O. The van der Waals surface area contributed by atoms with E-state index in [0.717, 1.165) is 32.4 Å². The van der Waals surface area contributed by atoms with E-state index in [0.29, 0.717) is 17.8 Å². The van der Waals surface area contributed by atoms with Gasteiger partial charge in [0.2, 0.25) is 0 Å². The molecule has 0 spiro atoms. The van der Waals surface area contributed by atoms with Crippen molar-refractivity contribution < 1.29 is 9.18 Å². The van der Waals surface area contributed by atoms with Gasteiger partial charge in [-0.15, -0.1) is 0 Å². The topological polar surface area (TPSA) is 32.3 Å². The average Bonchev–Trinajstić information content (AvgIpc) is 2.46. The first-order valence-electron chi connectivity index (χ1n) is 7.05. The number of para-hydroxylation sites is 1. The number of amides is 1. The minimum atomic E-state index is -0.351. The Kier molecular flexibility index (Phi) is 4.77. The molecule has 1 amide bonds. The van der Waals surface area contributed by atoms with Gasteiger partial charge in [-0.3, -0.25) is 4.79 Å². The molecule has 0 saturated carbocycles. The van der Waals surface area contributed by atoms with Gasteiger partial charge in [0.25, 0.3) is 5.91 Å². The zero-order chi connectivity index (χ0) is 13.7. The molecule has 0 radical (unpaired) electrons. The van der Waals surface area contributed by atoms with Crippen LogP contribution in [0.1, 0.15) is 43.0 Å². The Bertz CT molecular complexity index is 442. The molecule has 1 N–H and O–H groups in total. The third-order valence-corrected chi connectivity index (χ3v) is 3.44. The van der Waals surface area contributed by atoms with Gasteiger partial charge in [0.15, 0.2) is 0 Å². The molecule has 19 heavy (non-hydrogen) atoms. The van der Waals surface area contributed by atoms with Crippen molar-refractivity contribution in [2.24, 2.45) is 0 Å². The number of anilines is 1. The van der Waals surface area contributed by atoms with Gasteiger partial charge < -0.3 is 10.2 Å². The van der Waals surface area contributed by atoms with Crippen LogP contribution in [0.4, 0.5) is 10.1 Å². The van der Waals surface area contributed by atoms with E-state index < -0.39 is 0 Å². The summed E-state index contributed by atoms with van der Waals surface area (Å²) >= 11 is 0. The molecule has 3 nitrogen and oxygen atoms in total. The van der Waals surface area contributed by atoms with Gasteiger partial charge in [0, 0.05) is 19.6 Å². The first-order valence-corrected chi connectivity index (χ1v) is 7.05. The molecule has 1 aromatic rings. The maximum absolute atomic E-state index is 13.9. The molecule has 0 bridgehead atoms. The predicted molar refractivity (Wildman–Crippen MR) is 74.9 cm³/mol. The predicted octanol–water partition coefficient (Wildman–Crippen LogP) is 3.27. The summed E-state index contributed by atoms with van der Waals surface area (Å²) in [5.74, 6) is -0.408. The summed E-state index contributed by atoms with van der Waals surface area (Å²) < 4.78 is 13.9. The number of hydrogen-bond donors (Lipinski definition) is 1. The first-order chi connectivity index (χ1) is 9.24. The molecule has 0 aromatic heterocycles. The van der Waals surface area contributed by atoms with Gasteiger partial charge in [-0.05, 0) is 37.8 Å². The smallest absolute Gasteiger partial charge is 0.256 e. The third kappa shape index (κ3) is 3.25. The van der Waals surface area contributed by atoms with Gasteiger partial charge in [-0.1, -0.05) is 13.0 Å². The molecule has 1 saturated heterocycles. The Balaban J connectivity index is 2.22.